The Bertz CT molecular complexity index is 1450. The first-order valence-electron chi connectivity index (χ1n) is 11.8. The maximum atomic E-state index is 12.5. The van der Waals surface area contributed by atoms with Gasteiger partial charge in [-0.05, 0) is 65.3 Å². The Morgan fingerprint density at radius 2 is 1.69 bits per heavy atom. The maximum Gasteiger partial charge on any atom is 0.408 e. The van der Waals surface area contributed by atoms with Gasteiger partial charge in [0.15, 0.2) is 0 Å². The van der Waals surface area contributed by atoms with Crippen LogP contribution in [-0.4, -0.2) is 35.8 Å². The number of hydrogen-bond donors (Lipinski definition) is 1. The summed E-state index contributed by atoms with van der Waals surface area (Å²) in [6.45, 7) is 9.25. The van der Waals surface area contributed by atoms with Gasteiger partial charge in [-0.3, -0.25) is 4.98 Å². The van der Waals surface area contributed by atoms with Gasteiger partial charge < -0.3 is 14.8 Å². The van der Waals surface area contributed by atoms with Crippen LogP contribution < -0.4 is 5.32 Å². The summed E-state index contributed by atoms with van der Waals surface area (Å²) < 4.78 is 10.3. The van der Waals surface area contributed by atoms with Gasteiger partial charge in [0.1, 0.15) is 11.6 Å². The number of hydrogen-bond acceptors (Lipinski definition) is 5. The van der Waals surface area contributed by atoms with E-state index in [-0.39, 0.29) is 6.42 Å². The van der Waals surface area contributed by atoms with Gasteiger partial charge in [-0.2, -0.15) is 0 Å². The zero-order valence-electron chi connectivity index (χ0n) is 21.0. The fourth-order valence-corrected chi connectivity index (χ4v) is 4.42. The lowest BCUT2D eigenvalue weighted by Crippen LogP contribution is -2.45. The van der Waals surface area contributed by atoms with Crippen LogP contribution >= 0.6 is 0 Å². The first-order valence-corrected chi connectivity index (χ1v) is 11.8. The number of nitrogens with one attached hydrogen (secondary N) is 1. The second-order valence-corrected chi connectivity index (χ2v) is 9.57. The van der Waals surface area contributed by atoms with Gasteiger partial charge in [-0.15, -0.1) is 0 Å². The van der Waals surface area contributed by atoms with Crippen molar-refractivity contribution in [2.75, 3.05) is 7.11 Å². The molecule has 3 aromatic carbocycles. The molecule has 6 nitrogen and oxygen atoms in total. The molecule has 1 atom stereocenters. The molecule has 0 fully saturated rings. The maximum absolute atomic E-state index is 12.5. The normalized spacial score (nSPS) is 12.2. The first kappa shape index (κ1) is 24.9. The van der Waals surface area contributed by atoms with Crippen molar-refractivity contribution in [1.29, 1.82) is 0 Å². The average Bonchev–Trinajstić information content (AvgIpc) is 2.86. The quantitative estimate of drug-likeness (QED) is 0.326. The van der Waals surface area contributed by atoms with E-state index in [2.05, 4.69) is 41.1 Å². The Kier molecular flexibility index (Phi) is 7.06. The van der Waals surface area contributed by atoms with Gasteiger partial charge in [-0.25, -0.2) is 9.59 Å². The molecule has 1 amide bonds. The van der Waals surface area contributed by atoms with E-state index in [0.717, 1.165) is 43.8 Å². The van der Waals surface area contributed by atoms with Gasteiger partial charge in [0.05, 0.1) is 7.11 Å². The SMILES string of the molecule is C=Cc1ccc(-c2cccc3c(C[C@H](NC(=O)OC(C)(C)C)C(=O)OC)cccc23)c2cnccc12. The number of rotatable bonds is 6. The minimum Gasteiger partial charge on any atom is -0.467 e. The van der Waals surface area contributed by atoms with Crippen LogP contribution in [0.2, 0.25) is 0 Å². The van der Waals surface area contributed by atoms with Crippen molar-refractivity contribution in [2.24, 2.45) is 0 Å². The Hall–Kier alpha value is -4.19. The molecule has 0 bridgehead atoms. The zero-order chi connectivity index (χ0) is 25.9. The Morgan fingerprint density at radius 3 is 2.42 bits per heavy atom. The van der Waals surface area contributed by atoms with Crippen molar-refractivity contribution in [1.82, 2.24) is 10.3 Å². The van der Waals surface area contributed by atoms with Crippen LogP contribution in [-0.2, 0) is 20.7 Å². The predicted molar refractivity (Wildman–Crippen MR) is 144 cm³/mol. The van der Waals surface area contributed by atoms with E-state index in [1.54, 1.807) is 27.0 Å². The van der Waals surface area contributed by atoms with Crippen LogP contribution in [0.25, 0.3) is 38.7 Å². The fourth-order valence-electron chi connectivity index (χ4n) is 4.42. The highest BCUT2D eigenvalue weighted by atomic mass is 16.6. The second kappa shape index (κ2) is 10.2. The van der Waals surface area contributed by atoms with Gasteiger partial charge in [-0.1, -0.05) is 61.2 Å². The molecule has 1 aromatic heterocycles. The van der Waals surface area contributed by atoms with Crippen molar-refractivity contribution >= 4 is 39.7 Å². The number of fused-ring (bicyclic) bond motifs is 2. The topological polar surface area (TPSA) is 77.5 Å². The smallest absolute Gasteiger partial charge is 0.408 e. The van der Waals surface area contributed by atoms with Crippen molar-refractivity contribution in [2.45, 2.75) is 38.8 Å². The number of methoxy groups -OCH3 is 1. The van der Waals surface area contributed by atoms with Crippen LogP contribution in [0.3, 0.4) is 0 Å². The monoisotopic (exact) mass is 482 g/mol. The molecule has 0 unspecified atom stereocenters. The molecule has 0 aliphatic carbocycles. The third-order valence-electron chi connectivity index (χ3n) is 5.97. The third-order valence-corrected chi connectivity index (χ3v) is 5.97. The highest BCUT2D eigenvalue weighted by Crippen LogP contribution is 2.36. The van der Waals surface area contributed by atoms with Crippen LogP contribution in [0, 0.1) is 0 Å². The lowest BCUT2D eigenvalue weighted by atomic mass is 9.90. The van der Waals surface area contributed by atoms with Crippen molar-refractivity contribution in [3.8, 4) is 11.1 Å². The standard InChI is InChI=1S/C30H30N2O4/c1-6-19-13-14-25(26-18-31-16-15-22(19)26)24-12-8-10-21-20(9-7-11-23(21)24)17-27(28(33)35-5)32-29(34)36-30(2,3)4/h6-16,18,27H,1,17H2,2-5H3,(H,32,34)/t27-/m0/s1. The van der Waals surface area contributed by atoms with Crippen LogP contribution in [0.15, 0.2) is 73.6 Å². The number of carbonyl (C=O) groups is 2. The van der Waals surface area contributed by atoms with E-state index in [1.165, 1.54) is 7.11 Å². The summed E-state index contributed by atoms with van der Waals surface area (Å²) in [5, 5.41) is 6.80. The second-order valence-electron chi connectivity index (χ2n) is 9.57. The molecule has 0 spiro atoms. The van der Waals surface area contributed by atoms with Crippen molar-refractivity contribution in [3.05, 3.63) is 84.7 Å². The van der Waals surface area contributed by atoms with Crippen LogP contribution in [0.5, 0.6) is 0 Å². The van der Waals surface area contributed by atoms with E-state index in [0.29, 0.717) is 0 Å². The molecule has 184 valence electrons. The van der Waals surface area contributed by atoms with Gasteiger partial charge in [0.2, 0.25) is 0 Å². The molecule has 36 heavy (non-hydrogen) atoms. The predicted octanol–water partition coefficient (Wildman–Crippen LogP) is 6.31. The van der Waals surface area contributed by atoms with Crippen LogP contribution in [0.4, 0.5) is 4.79 Å². The molecule has 0 saturated carbocycles. The average molecular weight is 483 g/mol. The summed E-state index contributed by atoms with van der Waals surface area (Å²) in [5.41, 5.74) is 3.38. The molecule has 6 heteroatoms. The summed E-state index contributed by atoms with van der Waals surface area (Å²) in [6.07, 6.45) is 5.09. The highest BCUT2D eigenvalue weighted by Gasteiger charge is 2.26. The minimum absolute atomic E-state index is 0.254. The molecular weight excluding hydrogens is 452 g/mol. The number of aromatic nitrogens is 1. The largest absolute Gasteiger partial charge is 0.467 e. The number of ether oxygens (including phenoxy) is 2. The Balaban J connectivity index is 1.77. The number of benzene rings is 3. The molecule has 0 saturated heterocycles. The van der Waals surface area contributed by atoms with E-state index in [9.17, 15) is 9.59 Å². The number of esters is 1. The number of amides is 1. The summed E-state index contributed by atoms with van der Waals surface area (Å²) in [7, 11) is 1.30. The zero-order valence-corrected chi connectivity index (χ0v) is 21.0. The van der Waals surface area contributed by atoms with E-state index < -0.39 is 23.7 Å². The molecule has 4 rings (SSSR count). The van der Waals surface area contributed by atoms with Crippen LogP contribution in [0.1, 0.15) is 31.9 Å². The molecule has 1 N–H and O–H groups in total. The minimum atomic E-state index is -0.893. The van der Waals surface area contributed by atoms with Crippen molar-refractivity contribution < 1.29 is 19.1 Å². The Morgan fingerprint density at radius 1 is 0.972 bits per heavy atom. The number of alkyl carbamates (subject to hydrolysis) is 1. The van der Waals surface area contributed by atoms with Gasteiger partial charge in [0.25, 0.3) is 0 Å². The first-order chi connectivity index (χ1) is 17.2. The van der Waals surface area contributed by atoms with E-state index in [1.807, 2.05) is 42.6 Å². The molecule has 0 radical (unpaired) electrons. The summed E-state index contributed by atoms with van der Waals surface area (Å²) in [5.74, 6) is -0.536. The number of nitrogens with zero attached hydrogens (tertiary/aromatic N) is 1. The van der Waals surface area contributed by atoms with E-state index in [4.69, 9.17) is 9.47 Å². The lowest BCUT2D eigenvalue weighted by molar-refractivity contribution is -0.143. The lowest BCUT2D eigenvalue weighted by Gasteiger charge is -2.23. The summed E-state index contributed by atoms with van der Waals surface area (Å²) >= 11 is 0. The molecule has 0 aliphatic heterocycles. The summed E-state index contributed by atoms with van der Waals surface area (Å²) in [4.78, 5) is 29.3. The van der Waals surface area contributed by atoms with Gasteiger partial charge in [0, 0.05) is 24.2 Å². The number of pyridine rings is 1. The fraction of sp³-hybridized carbons (Fsp3) is 0.233. The molecule has 4 aromatic rings. The molecule has 0 aliphatic rings. The molecular formula is C30H30N2O4. The summed E-state index contributed by atoms with van der Waals surface area (Å²) in [6, 6.07) is 17.3. The molecule has 1 heterocycles. The van der Waals surface area contributed by atoms with E-state index >= 15 is 0 Å². The highest BCUT2D eigenvalue weighted by molar-refractivity contribution is 6.07. The van der Waals surface area contributed by atoms with Crippen molar-refractivity contribution in [3.63, 3.8) is 0 Å². The number of carbonyl (C=O) groups excluding carboxylic acids is 2. The third kappa shape index (κ3) is 5.23. The Labute approximate surface area is 210 Å². The van der Waals surface area contributed by atoms with Gasteiger partial charge >= 0.3 is 12.1 Å².